The molecule has 0 unspecified atom stereocenters. The standard InChI is InChI=1S/C26H32F2N2O2.ClH/c27-19-14-23(26(24(28)15-19)32-17-18-4-2-1-3-5-18)22-16-25(22)29-20-6-8-21(9-7-20)30-10-12-31-13-11-30;/h1-5,14-15,20-22,25,29H,6-13,16-17H2;1H/t20?,21?,22-,25+;/m0./s1. The summed E-state index contributed by atoms with van der Waals surface area (Å²) in [6.45, 7) is 4.06. The Morgan fingerprint density at radius 2 is 1.73 bits per heavy atom. The lowest BCUT2D eigenvalue weighted by Gasteiger charge is -2.39. The van der Waals surface area contributed by atoms with Crippen molar-refractivity contribution in [1.82, 2.24) is 10.2 Å². The Morgan fingerprint density at radius 1 is 1.00 bits per heavy atom. The molecule has 3 aliphatic rings. The van der Waals surface area contributed by atoms with Crippen LogP contribution in [0, 0.1) is 11.6 Å². The predicted octanol–water partition coefficient (Wildman–Crippen LogP) is 5.05. The first kappa shape index (κ1) is 24.4. The van der Waals surface area contributed by atoms with Gasteiger partial charge in [-0.3, -0.25) is 4.90 Å². The zero-order valence-corrected chi connectivity index (χ0v) is 19.7. The third kappa shape index (κ3) is 6.04. The molecule has 0 radical (unpaired) electrons. The van der Waals surface area contributed by atoms with Gasteiger partial charge in [0.25, 0.3) is 0 Å². The van der Waals surface area contributed by atoms with Gasteiger partial charge in [-0.2, -0.15) is 0 Å². The van der Waals surface area contributed by atoms with Crippen molar-refractivity contribution in [3.05, 3.63) is 65.2 Å². The third-order valence-electron chi connectivity index (χ3n) is 7.16. The summed E-state index contributed by atoms with van der Waals surface area (Å²) in [5, 5.41) is 3.76. The molecule has 0 amide bonds. The van der Waals surface area contributed by atoms with E-state index in [9.17, 15) is 8.78 Å². The fourth-order valence-electron chi connectivity index (χ4n) is 5.31. The highest BCUT2D eigenvalue weighted by molar-refractivity contribution is 5.85. The lowest BCUT2D eigenvalue weighted by Crippen LogP contribution is -2.47. The van der Waals surface area contributed by atoms with Crippen LogP contribution in [0.4, 0.5) is 8.78 Å². The van der Waals surface area contributed by atoms with Crippen molar-refractivity contribution in [3.8, 4) is 5.75 Å². The Labute approximate surface area is 201 Å². The van der Waals surface area contributed by atoms with E-state index in [1.165, 1.54) is 18.9 Å². The van der Waals surface area contributed by atoms with Gasteiger partial charge in [-0.25, -0.2) is 8.78 Å². The molecule has 1 N–H and O–H groups in total. The Bertz CT molecular complexity index is 903. The first-order valence-corrected chi connectivity index (χ1v) is 11.9. The molecular formula is C26H33ClF2N2O2. The van der Waals surface area contributed by atoms with Gasteiger partial charge in [-0.05, 0) is 43.7 Å². The second kappa shape index (κ2) is 11.1. The molecule has 2 atom stereocenters. The van der Waals surface area contributed by atoms with Crippen LogP contribution >= 0.6 is 12.4 Å². The third-order valence-corrected chi connectivity index (χ3v) is 7.16. The van der Waals surface area contributed by atoms with Gasteiger partial charge in [0.15, 0.2) is 11.6 Å². The number of halogens is 3. The molecule has 2 aromatic rings. The van der Waals surface area contributed by atoms with E-state index >= 15 is 0 Å². The Kier molecular flexibility index (Phi) is 8.23. The minimum atomic E-state index is -0.618. The topological polar surface area (TPSA) is 33.7 Å². The van der Waals surface area contributed by atoms with Crippen LogP contribution in [0.25, 0.3) is 0 Å². The smallest absolute Gasteiger partial charge is 0.168 e. The largest absolute Gasteiger partial charge is 0.486 e. The lowest BCUT2D eigenvalue weighted by molar-refractivity contribution is 0.00651. The normalized spacial score (nSPS) is 27.6. The summed E-state index contributed by atoms with van der Waals surface area (Å²) in [4.78, 5) is 2.57. The predicted molar refractivity (Wildman–Crippen MR) is 127 cm³/mol. The summed E-state index contributed by atoms with van der Waals surface area (Å²) in [7, 11) is 0. The second-order valence-electron chi connectivity index (χ2n) is 9.35. The molecule has 4 nitrogen and oxygen atoms in total. The van der Waals surface area contributed by atoms with Crippen molar-refractivity contribution in [2.45, 2.75) is 62.8 Å². The highest BCUT2D eigenvalue weighted by Crippen LogP contribution is 2.47. The fraction of sp³-hybridized carbons (Fsp3) is 0.538. The number of nitrogens with zero attached hydrogens (tertiary/aromatic N) is 1. The van der Waals surface area contributed by atoms with Crippen molar-refractivity contribution in [1.29, 1.82) is 0 Å². The summed E-state index contributed by atoms with van der Waals surface area (Å²) in [6.07, 6.45) is 5.61. The maximum absolute atomic E-state index is 14.6. The molecule has 0 aromatic heterocycles. The van der Waals surface area contributed by atoms with Crippen LogP contribution in [0.15, 0.2) is 42.5 Å². The number of nitrogens with one attached hydrogen (secondary N) is 1. The molecule has 2 aromatic carbocycles. The maximum Gasteiger partial charge on any atom is 0.168 e. The molecule has 1 aliphatic heterocycles. The van der Waals surface area contributed by atoms with Crippen molar-refractivity contribution in [3.63, 3.8) is 0 Å². The van der Waals surface area contributed by atoms with Gasteiger partial charge < -0.3 is 14.8 Å². The summed E-state index contributed by atoms with van der Waals surface area (Å²) in [6, 6.07) is 13.4. The average Bonchev–Trinajstić information content (AvgIpc) is 3.59. The monoisotopic (exact) mass is 478 g/mol. The Balaban J connectivity index is 0.00000259. The first-order chi connectivity index (χ1) is 15.7. The number of hydrogen-bond donors (Lipinski definition) is 1. The van der Waals surface area contributed by atoms with Crippen LogP contribution in [0.2, 0.25) is 0 Å². The Morgan fingerprint density at radius 3 is 2.45 bits per heavy atom. The van der Waals surface area contributed by atoms with E-state index in [0.29, 0.717) is 17.6 Å². The zero-order valence-electron chi connectivity index (χ0n) is 18.8. The molecule has 0 spiro atoms. The Hall–Kier alpha value is -1.73. The number of rotatable bonds is 7. The maximum atomic E-state index is 14.6. The van der Waals surface area contributed by atoms with Gasteiger partial charge in [0.05, 0.1) is 13.2 Å². The molecule has 7 heteroatoms. The highest BCUT2D eigenvalue weighted by atomic mass is 35.5. The van der Waals surface area contributed by atoms with E-state index in [4.69, 9.17) is 9.47 Å². The highest BCUT2D eigenvalue weighted by Gasteiger charge is 2.42. The molecule has 3 fully saturated rings. The van der Waals surface area contributed by atoms with Crippen molar-refractivity contribution >= 4 is 12.4 Å². The van der Waals surface area contributed by atoms with Crippen LogP contribution in [0.5, 0.6) is 5.75 Å². The van der Waals surface area contributed by atoms with Gasteiger partial charge in [0, 0.05) is 48.8 Å². The molecular weight excluding hydrogens is 446 g/mol. The van der Waals surface area contributed by atoms with Crippen LogP contribution in [0.3, 0.4) is 0 Å². The van der Waals surface area contributed by atoms with E-state index in [1.807, 2.05) is 30.3 Å². The number of benzene rings is 2. The fourth-order valence-corrected chi connectivity index (χ4v) is 5.31. The summed E-state index contributed by atoms with van der Waals surface area (Å²) < 4.78 is 40.0. The van der Waals surface area contributed by atoms with E-state index in [0.717, 1.165) is 57.2 Å². The van der Waals surface area contributed by atoms with Crippen molar-refractivity contribution < 1.29 is 18.3 Å². The molecule has 2 aliphatic carbocycles. The van der Waals surface area contributed by atoms with Crippen LogP contribution < -0.4 is 10.1 Å². The van der Waals surface area contributed by atoms with Gasteiger partial charge in [0.2, 0.25) is 0 Å². The van der Waals surface area contributed by atoms with Gasteiger partial charge in [0.1, 0.15) is 12.4 Å². The number of hydrogen-bond acceptors (Lipinski definition) is 4. The van der Waals surface area contributed by atoms with E-state index in [1.54, 1.807) is 0 Å². The SMILES string of the molecule is Cl.Fc1cc(F)c(OCc2ccccc2)c([C@@H]2C[C@H]2NC2CCC(N3CCOCC3)CC2)c1. The van der Waals surface area contributed by atoms with Crippen molar-refractivity contribution in [2.75, 3.05) is 26.3 Å². The summed E-state index contributed by atoms with van der Waals surface area (Å²) >= 11 is 0. The van der Waals surface area contributed by atoms with Crippen molar-refractivity contribution in [2.24, 2.45) is 0 Å². The second-order valence-corrected chi connectivity index (χ2v) is 9.35. The van der Waals surface area contributed by atoms with Crippen LogP contribution in [0.1, 0.15) is 49.1 Å². The molecule has 1 heterocycles. The molecule has 5 rings (SSSR count). The van der Waals surface area contributed by atoms with E-state index < -0.39 is 11.6 Å². The minimum Gasteiger partial charge on any atom is -0.486 e. The summed E-state index contributed by atoms with van der Waals surface area (Å²) in [5.41, 5.74) is 1.61. The quantitative estimate of drug-likeness (QED) is 0.603. The molecule has 0 bridgehead atoms. The first-order valence-electron chi connectivity index (χ1n) is 11.9. The molecule has 33 heavy (non-hydrogen) atoms. The average molecular weight is 479 g/mol. The zero-order chi connectivity index (χ0) is 21.9. The molecule has 1 saturated heterocycles. The number of morpholine rings is 1. The summed E-state index contributed by atoms with van der Waals surface area (Å²) in [5.74, 6) is -0.864. The van der Waals surface area contributed by atoms with E-state index in [-0.39, 0.29) is 36.7 Å². The van der Waals surface area contributed by atoms with Gasteiger partial charge >= 0.3 is 0 Å². The van der Waals surface area contributed by atoms with E-state index in [2.05, 4.69) is 10.2 Å². The number of ether oxygens (including phenoxy) is 2. The minimum absolute atomic E-state index is 0. The lowest BCUT2D eigenvalue weighted by atomic mass is 9.90. The van der Waals surface area contributed by atoms with Gasteiger partial charge in [-0.1, -0.05) is 30.3 Å². The molecule has 180 valence electrons. The molecule has 2 saturated carbocycles. The van der Waals surface area contributed by atoms with Gasteiger partial charge in [-0.15, -0.1) is 12.4 Å². The van der Waals surface area contributed by atoms with Crippen LogP contribution in [-0.2, 0) is 11.3 Å². The van der Waals surface area contributed by atoms with Crippen LogP contribution in [-0.4, -0.2) is 49.3 Å².